The Balaban J connectivity index is 1.53. The molecule has 0 N–H and O–H groups in total. The van der Waals surface area contributed by atoms with E-state index in [0.29, 0.717) is 48.7 Å². The van der Waals surface area contributed by atoms with Crippen molar-refractivity contribution in [3.8, 4) is 5.75 Å². The van der Waals surface area contributed by atoms with Gasteiger partial charge in [0.15, 0.2) is 5.78 Å². The number of amides is 1. The van der Waals surface area contributed by atoms with Crippen LogP contribution in [0.5, 0.6) is 5.75 Å². The summed E-state index contributed by atoms with van der Waals surface area (Å²) in [6, 6.07) is 11.1. The first-order valence-electron chi connectivity index (χ1n) is 8.95. The van der Waals surface area contributed by atoms with Gasteiger partial charge in [-0.05, 0) is 59.3 Å². The summed E-state index contributed by atoms with van der Waals surface area (Å²) in [7, 11) is 0. The highest BCUT2D eigenvalue weighted by atomic mass is 127. The van der Waals surface area contributed by atoms with Gasteiger partial charge in [-0.15, -0.1) is 0 Å². The molecule has 27 heavy (non-hydrogen) atoms. The smallest absolute Gasteiger partial charge is 0.254 e. The first-order valence-corrected chi connectivity index (χ1v) is 10.4. The van der Waals surface area contributed by atoms with Crippen molar-refractivity contribution in [2.24, 2.45) is 0 Å². The Labute approximate surface area is 177 Å². The van der Waals surface area contributed by atoms with Crippen molar-refractivity contribution >= 4 is 45.9 Å². The number of ketones is 1. The second-order valence-electron chi connectivity index (χ2n) is 7.26. The third kappa shape index (κ3) is 3.47. The van der Waals surface area contributed by atoms with E-state index >= 15 is 0 Å². The summed E-state index contributed by atoms with van der Waals surface area (Å²) >= 11 is 8.29. The second kappa shape index (κ2) is 7.09. The predicted octanol–water partition coefficient (Wildman–Crippen LogP) is 4.89. The number of aryl methyl sites for hydroxylation is 1. The molecule has 4 rings (SSSR count). The molecule has 140 valence electrons. The Bertz CT molecular complexity index is 935. The molecule has 0 radical (unpaired) electrons. The van der Waals surface area contributed by atoms with Crippen LogP contribution < -0.4 is 4.74 Å². The highest BCUT2D eigenvalue weighted by Gasteiger charge is 2.44. The Morgan fingerprint density at radius 1 is 1.22 bits per heavy atom. The van der Waals surface area contributed by atoms with E-state index in [1.54, 1.807) is 6.07 Å². The number of likely N-dealkylation sites (tertiary alicyclic amines) is 1. The topological polar surface area (TPSA) is 46.6 Å². The highest BCUT2D eigenvalue weighted by molar-refractivity contribution is 14.1. The van der Waals surface area contributed by atoms with Gasteiger partial charge in [-0.3, -0.25) is 9.59 Å². The van der Waals surface area contributed by atoms with Gasteiger partial charge >= 0.3 is 0 Å². The summed E-state index contributed by atoms with van der Waals surface area (Å²) in [6.07, 6.45) is 1.63. The van der Waals surface area contributed by atoms with Crippen LogP contribution in [-0.2, 0) is 0 Å². The van der Waals surface area contributed by atoms with Crippen molar-refractivity contribution in [1.29, 1.82) is 0 Å². The summed E-state index contributed by atoms with van der Waals surface area (Å²) in [6.45, 7) is 3.07. The predicted molar refractivity (Wildman–Crippen MR) is 113 cm³/mol. The van der Waals surface area contributed by atoms with Crippen LogP contribution in [0, 0.1) is 10.5 Å². The molecule has 2 aromatic carbocycles. The van der Waals surface area contributed by atoms with Crippen molar-refractivity contribution < 1.29 is 14.3 Å². The molecule has 0 atom stereocenters. The molecule has 0 saturated carbocycles. The summed E-state index contributed by atoms with van der Waals surface area (Å²) in [5.41, 5.74) is 1.65. The normalized spacial score (nSPS) is 18.2. The van der Waals surface area contributed by atoms with E-state index in [4.69, 9.17) is 16.3 Å². The van der Waals surface area contributed by atoms with Gasteiger partial charge in [0.2, 0.25) is 0 Å². The number of nitrogens with zero attached hydrogens (tertiary/aromatic N) is 1. The molecule has 2 heterocycles. The first kappa shape index (κ1) is 18.7. The van der Waals surface area contributed by atoms with Crippen molar-refractivity contribution in [2.75, 3.05) is 13.1 Å². The van der Waals surface area contributed by atoms with Crippen LogP contribution in [0.3, 0.4) is 0 Å². The summed E-state index contributed by atoms with van der Waals surface area (Å²) in [4.78, 5) is 27.4. The number of Topliss-reactive ketones (excluding diaryl/α,β-unsaturated/α-hetero) is 1. The first-order chi connectivity index (χ1) is 12.9. The minimum Gasteiger partial charge on any atom is -0.486 e. The number of fused-ring (bicyclic) bond motifs is 1. The fourth-order valence-electron chi connectivity index (χ4n) is 3.91. The van der Waals surface area contributed by atoms with Crippen LogP contribution >= 0.6 is 34.2 Å². The molecule has 2 aliphatic heterocycles. The molecular weight excluding hydrogens is 477 g/mol. The zero-order valence-corrected chi connectivity index (χ0v) is 17.8. The van der Waals surface area contributed by atoms with E-state index in [9.17, 15) is 9.59 Å². The van der Waals surface area contributed by atoms with Crippen LogP contribution in [0.1, 0.15) is 45.5 Å². The van der Waals surface area contributed by atoms with Crippen molar-refractivity contribution in [3.63, 3.8) is 0 Å². The van der Waals surface area contributed by atoms with Crippen LogP contribution in [0.4, 0.5) is 0 Å². The molecule has 2 aliphatic rings. The maximum atomic E-state index is 12.8. The number of hydrogen-bond donors (Lipinski definition) is 0. The molecule has 0 bridgehead atoms. The van der Waals surface area contributed by atoms with Crippen molar-refractivity contribution in [1.82, 2.24) is 4.90 Å². The van der Waals surface area contributed by atoms with Gasteiger partial charge in [-0.25, -0.2) is 0 Å². The maximum absolute atomic E-state index is 12.8. The Hall–Kier alpha value is -1.60. The van der Waals surface area contributed by atoms with Crippen LogP contribution in [0.25, 0.3) is 0 Å². The quantitative estimate of drug-likeness (QED) is 0.529. The molecule has 6 heteroatoms. The molecule has 1 fully saturated rings. The highest BCUT2D eigenvalue weighted by Crippen LogP contribution is 2.42. The Morgan fingerprint density at radius 3 is 2.63 bits per heavy atom. The number of rotatable bonds is 1. The Kier molecular flexibility index (Phi) is 4.93. The summed E-state index contributed by atoms with van der Waals surface area (Å²) in [5.74, 6) is 0.757. The van der Waals surface area contributed by atoms with Crippen LogP contribution in [0.2, 0.25) is 5.02 Å². The molecular formula is C21H19ClINO3. The number of ether oxygens (including phenoxy) is 1. The molecule has 1 saturated heterocycles. The van der Waals surface area contributed by atoms with E-state index in [0.717, 1.165) is 14.7 Å². The minimum absolute atomic E-state index is 0.0420. The van der Waals surface area contributed by atoms with E-state index in [1.807, 2.05) is 42.2 Å². The number of carbonyl (C=O) groups is 2. The lowest BCUT2D eigenvalue weighted by molar-refractivity contribution is -0.00619. The molecule has 1 amide bonds. The molecule has 2 aromatic rings. The molecule has 4 nitrogen and oxygen atoms in total. The summed E-state index contributed by atoms with van der Waals surface area (Å²) < 4.78 is 7.31. The minimum atomic E-state index is -0.525. The summed E-state index contributed by atoms with van der Waals surface area (Å²) in [5, 5.41) is 0.553. The molecule has 0 aliphatic carbocycles. The van der Waals surface area contributed by atoms with E-state index in [1.165, 1.54) is 0 Å². The number of carbonyl (C=O) groups excluding carboxylic acids is 2. The molecule has 1 spiro atoms. The second-order valence-corrected chi connectivity index (χ2v) is 8.86. The largest absolute Gasteiger partial charge is 0.486 e. The maximum Gasteiger partial charge on any atom is 0.254 e. The lowest BCUT2D eigenvalue weighted by Gasteiger charge is -2.44. The number of piperidine rings is 1. The van der Waals surface area contributed by atoms with E-state index in [-0.39, 0.29) is 11.7 Å². The number of hydrogen-bond acceptors (Lipinski definition) is 3. The van der Waals surface area contributed by atoms with Crippen molar-refractivity contribution in [3.05, 3.63) is 61.7 Å². The van der Waals surface area contributed by atoms with Gasteiger partial charge < -0.3 is 9.64 Å². The lowest BCUT2D eigenvalue weighted by atomic mass is 9.82. The standard InChI is InChI=1S/C21H19ClINO3/c1-13-10-14(22)11-16-18(25)12-21(27-19(13)16)6-8-24(9-7-21)20(26)15-4-2-3-5-17(15)23/h2-5,10-11H,6-9,12H2,1H3. The third-order valence-electron chi connectivity index (χ3n) is 5.41. The zero-order chi connectivity index (χ0) is 19.2. The molecule has 0 unspecified atom stereocenters. The monoisotopic (exact) mass is 495 g/mol. The number of benzene rings is 2. The average Bonchev–Trinajstić information content (AvgIpc) is 2.63. The van der Waals surface area contributed by atoms with Gasteiger partial charge in [0.05, 0.1) is 17.5 Å². The van der Waals surface area contributed by atoms with Crippen LogP contribution in [-0.4, -0.2) is 35.3 Å². The van der Waals surface area contributed by atoms with E-state index < -0.39 is 5.60 Å². The average molecular weight is 496 g/mol. The van der Waals surface area contributed by atoms with E-state index in [2.05, 4.69) is 22.6 Å². The lowest BCUT2D eigenvalue weighted by Crippen LogP contribution is -2.52. The van der Waals surface area contributed by atoms with Gasteiger partial charge in [0, 0.05) is 34.5 Å². The fraction of sp³-hybridized carbons (Fsp3) is 0.333. The molecule has 0 aromatic heterocycles. The zero-order valence-electron chi connectivity index (χ0n) is 14.9. The SMILES string of the molecule is Cc1cc(Cl)cc2c1OC1(CCN(C(=O)c3ccccc3I)CC1)CC2=O. The van der Waals surface area contributed by atoms with Gasteiger partial charge in [0.1, 0.15) is 11.4 Å². The van der Waals surface area contributed by atoms with Crippen molar-refractivity contribution in [2.45, 2.75) is 31.8 Å². The van der Waals surface area contributed by atoms with Gasteiger partial charge in [-0.2, -0.15) is 0 Å². The number of halogens is 2. The Morgan fingerprint density at radius 2 is 1.93 bits per heavy atom. The van der Waals surface area contributed by atoms with Crippen LogP contribution in [0.15, 0.2) is 36.4 Å². The van der Waals surface area contributed by atoms with Gasteiger partial charge in [0.25, 0.3) is 5.91 Å². The fourth-order valence-corrected chi connectivity index (χ4v) is 4.80. The van der Waals surface area contributed by atoms with Gasteiger partial charge in [-0.1, -0.05) is 23.7 Å². The third-order valence-corrected chi connectivity index (χ3v) is 6.57.